The van der Waals surface area contributed by atoms with Crippen molar-refractivity contribution in [2.45, 2.75) is 6.54 Å². The first-order valence-electron chi connectivity index (χ1n) is 4.60. The second kappa shape index (κ2) is 8.11. The van der Waals surface area contributed by atoms with Crippen LogP contribution in [0, 0.1) is 0 Å². The van der Waals surface area contributed by atoms with E-state index in [-0.39, 0.29) is 36.4 Å². The van der Waals surface area contributed by atoms with E-state index in [4.69, 9.17) is 11.6 Å². The largest absolute Gasteiger partial charge is 0.296 e. The summed E-state index contributed by atoms with van der Waals surface area (Å²) in [4.78, 5) is 4.10. The fourth-order valence-electron chi connectivity index (χ4n) is 1.33. The van der Waals surface area contributed by atoms with Gasteiger partial charge in [-0.2, -0.15) is 0 Å². The van der Waals surface area contributed by atoms with Gasteiger partial charge >= 0.3 is 0 Å². The minimum Gasteiger partial charge on any atom is -0.296 e. The molecule has 1 aliphatic rings. The zero-order chi connectivity index (χ0) is 9.80. The van der Waals surface area contributed by atoms with Crippen LogP contribution in [0.1, 0.15) is 5.56 Å². The number of hydrazine groups is 1. The smallest absolute Gasteiger partial charge is 0.0993 e. The molecule has 0 unspecified atom stereocenters. The number of benzene rings is 1. The van der Waals surface area contributed by atoms with Gasteiger partial charge in [-0.3, -0.25) is 10.0 Å². The summed E-state index contributed by atoms with van der Waals surface area (Å²) < 4.78 is 0. The Hall–Kier alpha value is -0.0400. The van der Waals surface area contributed by atoms with Crippen LogP contribution in [-0.4, -0.2) is 24.4 Å². The molecule has 0 bridgehead atoms. The minimum absolute atomic E-state index is 0. The summed E-state index contributed by atoms with van der Waals surface area (Å²) in [7, 11) is 0. The summed E-state index contributed by atoms with van der Waals surface area (Å²) in [6.07, 6.45) is 1.82. The van der Waals surface area contributed by atoms with Gasteiger partial charge in [-0.05, 0) is 11.6 Å². The molecule has 0 saturated carbocycles. The molecule has 0 saturated heterocycles. The lowest BCUT2D eigenvalue weighted by molar-refractivity contribution is 0.339. The fourth-order valence-corrected chi connectivity index (χ4v) is 1.53. The molecule has 0 atom stereocenters. The summed E-state index contributed by atoms with van der Waals surface area (Å²) in [6, 6.07) is 7.84. The highest BCUT2D eigenvalue weighted by molar-refractivity contribution is 14.0. The molecular weight excluding hydrogens is 360 g/mol. The minimum atomic E-state index is 0. The van der Waals surface area contributed by atoms with Crippen LogP contribution in [0.3, 0.4) is 0 Å². The normalized spacial score (nSPS) is 13.2. The van der Waals surface area contributed by atoms with Gasteiger partial charge in [-0.15, -0.1) is 36.4 Å². The van der Waals surface area contributed by atoms with E-state index in [0.717, 1.165) is 30.2 Å². The van der Waals surface area contributed by atoms with E-state index in [2.05, 4.69) is 10.4 Å². The van der Waals surface area contributed by atoms with E-state index >= 15 is 0 Å². The van der Waals surface area contributed by atoms with Crippen LogP contribution in [0.15, 0.2) is 29.3 Å². The molecule has 1 aliphatic heterocycles. The molecule has 0 aromatic heterocycles. The van der Waals surface area contributed by atoms with Gasteiger partial charge in [0, 0.05) is 11.6 Å². The monoisotopic (exact) mass is 373 g/mol. The van der Waals surface area contributed by atoms with Gasteiger partial charge < -0.3 is 0 Å². The van der Waals surface area contributed by atoms with Crippen molar-refractivity contribution in [1.82, 2.24) is 10.4 Å². The van der Waals surface area contributed by atoms with Gasteiger partial charge in [0.1, 0.15) is 0 Å². The number of halogens is 3. The van der Waals surface area contributed by atoms with Gasteiger partial charge in [0.15, 0.2) is 0 Å². The number of nitrogens with zero attached hydrogens (tertiary/aromatic N) is 2. The summed E-state index contributed by atoms with van der Waals surface area (Å²) in [5, 5.41) is 2.78. The molecular formula is C10H14Cl2IN3. The SMILES string of the molecule is Cl.Clc1ccccc1CNN1C=NCC1.I. The molecule has 1 aromatic carbocycles. The highest BCUT2D eigenvalue weighted by Gasteiger charge is 2.05. The van der Waals surface area contributed by atoms with Crippen molar-refractivity contribution in [2.24, 2.45) is 4.99 Å². The van der Waals surface area contributed by atoms with Gasteiger partial charge in [0.2, 0.25) is 0 Å². The van der Waals surface area contributed by atoms with E-state index in [1.165, 1.54) is 0 Å². The molecule has 0 amide bonds. The van der Waals surface area contributed by atoms with Crippen LogP contribution in [-0.2, 0) is 6.54 Å². The molecule has 1 N–H and O–H groups in total. The Kier molecular flexibility index (Phi) is 8.09. The lowest BCUT2D eigenvalue weighted by atomic mass is 10.2. The van der Waals surface area contributed by atoms with Crippen molar-refractivity contribution < 1.29 is 0 Å². The van der Waals surface area contributed by atoms with Gasteiger partial charge in [-0.25, -0.2) is 5.43 Å². The Balaban J connectivity index is 0.00000112. The molecule has 3 nitrogen and oxygen atoms in total. The van der Waals surface area contributed by atoms with E-state index < -0.39 is 0 Å². The highest BCUT2D eigenvalue weighted by Crippen LogP contribution is 2.14. The summed E-state index contributed by atoms with van der Waals surface area (Å²) in [5.41, 5.74) is 4.34. The Bertz CT molecular complexity index is 347. The molecule has 2 rings (SSSR count). The second-order valence-electron chi connectivity index (χ2n) is 3.14. The molecule has 6 heteroatoms. The zero-order valence-electron chi connectivity index (χ0n) is 8.60. The zero-order valence-corrected chi connectivity index (χ0v) is 12.5. The van der Waals surface area contributed by atoms with Crippen LogP contribution in [0.25, 0.3) is 0 Å². The second-order valence-corrected chi connectivity index (χ2v) is 3.55. The van der Waals surface area contributed by atoms with Gasteiger partial charge in [0.25, 0.3) is 0 Å². The lowest BCUT2D eigenvalue weighted by Gasteiger charge is -2.15. The molecule has 0 radical (unpaired) electrons. The lowest BCUT2D eigenvalue weighted by Crippen LogP contribution is -2.34. The number of nitrogens with one attached hydrogen (secondary N) is 1. The number of rotatable bonds is 3. The molecule has 1 heterocycles. The number of hydrogen-bond donors (Lipinski definition) is 1. The van der Waals surface area contributed by atoms with Crippen molar-refractivity contribution in [2.75, 3.05) is 13.1 Å². The maximum Gasteiger partial charge on any atom is 0.0993 e. The van der Waals surface area contributed by atoms with Crippen LogP contribution < -0.4 is 5.43 Å². The van der Waals surface area contributed by atoms with Crippen LogP contribution in [0.2, 0.25) is 5.02 Å². The first-order chi connectivity index (χ1) is 6.86. The topological polar surface area (TPSA) is 27.6 Å². The quantitative estimate of drug-likeness (QED) is 0.825. The summed E-state index contributed by atoms with van der Waals surface area (Å²) in [6.45, 7) is 2.55. The molecule has 16 heavy (non-hydrogen) atoms. The van der Waals surface area contributed by atoms with Crippen LogP contribution in [0.5, 0.6) is 0 Å². The van der Waals surface area contributed by atoms with Gasteiger partial charge in [-0.1, -0.05) is 29.8 Å². The van der Waals surface area contributed by atoms with Crippen LogP contribution in [0.4, 0.5) is 0 Å². The summed E-state index contributed by atoms with van der Waals surface area (Å²) in [5.74, 6) is 0. The van der Waals surface area contributed by atoms with Crippen molar-refractivity contribution in [3.63, 3.8) is 0 Å². The Morgan fingerprint density at radius 3 is 2.75 bits per heavy atom. The van der Waals surface area contributed by atoms with Gasteiger partial charge in [0.05, 0.1) is 19.4 Å². The van der Waals surface area contributed by atoms with E-state index in [1.54, 1.807) is 0 Å². The highest BCUT2D eigenvalue weighted by atomic mass is 127. The Labute approximate surface area is 124 Å². The van der Waals surface area contributed by atoms with E-state index in [1.807, 2.05) is 35.6 Å². The van der Waals surface area contributed by atoms with Crippen molar-refractivity contribution >= 4 is 54.3 Å². The van der Waals surface area contributed by atoms with E-state index in [0.29, 0.717) is 0 Å². The predicted octanol–water partition coefficient (Wildman–Crippen LogP) is 2.73. The third kappa shape index (κ3) is 4.45. The predicted molar refractivity (Wildman–Crippen MR) is 81.0 cm³/mol. The standard InChI is InChI=1S/C10H12ClN3.ClH.HI/c11-10-4-2-1-3-9(10)7-13-14-6-5-12-8-14;;/h1-4,8,13H,5-7H2;2*1H. The molecule has 1 aromatic rings. The maximum atomic E-state index is 6.02. The molecule has 0 spiro atoms. The maximum absolute atomic E-state index is 6.02. The third-order valence-corrected chi connectivity index (χ3v) is 2.49. The van der Waals surface area contributed by atoms with Crippen LogP contribution >= 0.6 is 48.0 Å². The van der Waals surface area contributed by atoms with Crippen molar-refractivity contribution in [3.8, 4) is 0 Å². The molecule has 0 aliphatic carbocycles. The van der Waals surface area contributed by atoms with E-state index in [9.17, 15) is 0 Å². The number of aliphatic imine (C=N–C) groups is 1. The first kappa shape index (κ1) is 16.0. The van der Waals surface area contributed by atoms with Crippen molar-refractivity contribution in [3.05, 3.63) is 34.9 Å². The fraction of sp³-hybridized carbons (Fsp3) is 0.300. The molecule has 90 valence electrons. The average molecular weight is 374 g/mol. The number of hydrogen-bond acceptors (Lipinski definition) is 3. The first-order valence-corrected chi connectivity index (χ1v) is 4.97. The molecule has 0 fully saturated rings. The Morgan fingerprint density at radius 2 is 2.12 bits per heavy atom. The third-order valence-electron chi connectivity index (χ3n) is 2.12. The van der Waals surface area contributed by atoms with Crippen molar-refractivity contribution in [1.29, 1.82) is 0 Å². The Morgan fingerprint density at radius 1 is 1.38 bits per heavy atom. The average Bonchev–Trinajstić information content (AvgIpc) is 2.69. The summed E-state index contributed by atoms with van der Waals surface area (Å²) >= 11 is 6.02.